The Labute approximate surface area is 730 Å². The summed E-state index contributed by atoms with van der Waals surface area (Å²) >= 11 is 6.19. The van der Waals surface area contributed by atoms with Crippen LogP contribution in [0.3, 0.4) is 0 Å². The summed E-state index contributed by atoms with van der Waals surface area (Å²) in [5.41, 5.74) is 9.57. The van der Waals surface area contributed by atoms with E-state index < -0.39 is 17.2 Å². The van der Waals surface area contributed by atoms with Crippen LogP contribution < -0.4 is 62.6 Å². The Morgan fingerprint density at radius 1 is 0.326 bits per heavy atom. The Morgan fingerprint density at radius 2 is 0.581 bits per heavy atom. The summed E-state index contributed by atoms with van der Waals surface area (Å²) in [6.45, 7) is 7.24. The van der Waals surface area contributed by atoms with Crippen molar-refractivity contribution in [3.05, 3.63) is 312 Å². The van der Waals surface area contributed by atoms with Crippen molar-refractivity contribution in [2.75, 3.05) is 0 Å². The van der Waals surface area contributed by atoms with E-state index in [0.29, 0.717) is 93.4 Å². The number of hydrogen-bond donors (Lipinski definition) is 6. The van der Waals surface area contributed by atoms with E-state index in [4.69, 9.17) is 40.0 Å². The lowest BCUT2D eigenvalue weighted by Crippen LogP contribution is -2.19. The molecule has 664 valence electrons. The van der Waals surface area contributed by atoms with Gasteiger partial charge in [-0.3, -0.25) is 28.1 Å². The molecule has 6 aromatic carbocycles. The normalized spacial score (nSPS) is 11.4. The fourth-order valence-corrected chi connectivity index (χ4v) is 13.0. The highest BCUT2D eigenvalue weighted by molar-refractivity contribution is 6.31. The third-order valence-corrected chi connectivity index (χ3v) is 19.7. The van der Waals surface area contributed by atoms with Crippen molar-refractivity contribution in [2.24, 2.45) is 42.3 Å². The van der Waals surface area contributed by atoms with Gasteiger partial charge in [0.1, 0.15) is 45.5 Å². The van der Waals surface area contributed by atoms with Crippen LogP contribution in [0.15, 0.2) is 212 Å². The van der Waals surface area contributed by atoms with E-state index in [2.05, 4.69) is 137 Å². The van der Waals surface area contributed by atoms with Crippen molar-refractivity contribution in [1.29, 1.82) is 0 Å². The van der Waals surface area contributed by atoms with Gasteiger partial charge in [0.25, 0.3) is 0 Å². The molecular weight excluding hydrogens is 1700 g/mol. The number of hydrogen-bond acceptors (Lipinski definition) is 30. The zero-order valence-corrected chi connectivity index (χ0v) is 71.1. The zero-order valence-electron chi connectivity index (χ0n) is 70.3. The monoisotopic (exact) mass is 1780 g/mol. The first-order valence-corrected chi connectivity index (χ1v) is 39.6. The molecule has 0 aliphatic heterocycles. The Bertz CT molecular complexity index is 6620. The summed E-state index contributed by atoms with van der Waals surface area (Å²) in [6.07, 6.45) is 13.9. The second-order valence-corrected chi connectivity index (χ2v) is 28.6. The number of ether oxygens (including phenoxy) is 6. The third kappa shape index (κ3) is 22.1. The maximum atomic E-state index is 14.0. The molecule has 0 spiro atoms. The lowest BCUT2D eigenvalue weighted by molar-refractivity contribution is 0.284. The predicted octanol–water partition coefficient (Wildman–Crippen LogP) is 4.46. The van der Waals surface area contributed by atoms with E-state index in [1.165, 1.54) is 36.4 Å². The molecule has 0 saturated heterocycles. The number of nitrogens with one attached hydrogen (secondary N) is 6. The molecule has 0 bridgehead atoms. The molecule has 1 fully saturated rings. The first-order chi connectivity index (χ1) is 62.5. The standard InChI is InChI=1S/C15H16N6O2.C14H16N6O2.2C13H14N6O2.C12H11ClN6O2.C12H11FN6O2/c1-20-8-7-14(17-20)23-9-12-11(10-5-6-10)3-2-4-13(12)21-15(22)16-18-19-21;1-3-10-5-4-6-12(20-14(21)15-17-18-20)11(10)9-22-13-7-8-19(2)16-13;2*1-9-4-3-5-11(19-13(20)14-16-17-19)10(9)8-21-12-6-7-18(2)15-12;2*1-18-6-5-11(15-18)21-7-8-9(13)3-2-4-10(8)19-12(20)14-16-17-19/h2-4,7-8,10H,5-6,9H2,1H3,(H,16,19,22);4-8H,3,9H2,1-2H3,(H,15,18,21);2*3-7H,8H2,1-2H3,(H,14,17,20);2*2-6H,7H2,1H3,(H,14,17,20). The van der Waals surface area contributed by atoms with Gasteiger partial charge in [0.15, 0.2) is 0 Å². The molecule has 1 saturated carbocycles. The van der Waals surface area contributed by atoms with E-state index >= 15 is 0 Å². The molecule has 1 aliphatic carbocycles. The van der Waals surface area contributed by atoms with Crippen LogP contribution in [0, 0.1) is 19.7 Å². The summed E-state index contributed by atoms with van der Waals surface area (Å²) in [4.78, 5) is 70.2. The number of aromatic amines is 6. The van der Waals surface area contributed by atoms with Crippen LogP contribution in [0.1, 0.15) is 81.3 Å². The number of nitrogens with zero attached hydrogens (tertiary/aromatic N) is 30. The SMILES string of the molecule is CCc1cccc(-n2nn[nH]c2=O)c1COc1ccn(C)n1.Cc1cccc(-n2nn[nH]c2=O)c1COc1ccn(C)n1.Cc1cccc(-n2nn[nH]c2=O)c1COc1ccn(C)n1.Cn1ccc(OCc2c(C3CC3)cccc2-n2nn[nH]c2=O)n1.Cn1ccc(OCc2c(Cl)cccc2-n2nn[nH]c2=O)n1.Cn1ccc(OCc2c(F)cccc2-n2nn[nH]c2=O)n1. The smallest absolute Gasteiger partial charge is 0.365 e. The molecule has 18 aromatic rings. The minimum atomic E-state index is -0.556. The number of tetrazole rings is 6. The maximum absolute atomic E-state index is 14.0. The highest BCUT2D eigenvalue weighted by atomic mass is 35.5. The van der Waals surface area contributed by atoms with Gasteiger partial charge >= 0.3 is 34.1 Å². The molecule has 48 nitrogen and oxygen atoms in total. The quantitative estimate of drug-likeness (QED) is 0.0436. The van der Waals surface area contributed by atoms with Crippen molar-refractivity contribution in [1.82, 2.24) is 180 Å². The van der Waals surface area contributed by atoms with Crippen LogP contribution in [0.25, 0.3) is 34.1 Å². The van der Waals surface area contributed by atoms with Crippen LogP contribution in [0.4, 0.5) is 4.39 Å². The van der Waals surface area contributed by atoms with E-state index in [1.54, 1.807) is 134 Å². The van der Waals surface area contributed by atoms with Crippen molar-refractivity contribution < 1.29 is 32.8 Å². The van der Waals surface area contributed by atoms with E-state index in [0.717, 1.165) is 67.6 Å². The Kier molecular flexibility index (Phi) is 27.9. The second kappa shape index (κ2) is 40.9. The molecule has 19 rings (SSSR count). The van der Waals surface area contributed by atoms with Crippen LogP contribution >= 0.6 is 11.6 Å². The number of aromatic nitrogens is 36. The molecule has 0 amide bonds. The lowest BCUT2D eigenvalue weighted by atomic mass is 10.0. The van der Waals surface area contributed by atoms with Crippen LogP contribution in [-0.2, 0) is 88.3 Å². The van der Waals surface area contributed by atoms with Crippen molar-refractivity contribution in [3.63, 3.8) is 0 Å². The molecule has 6 N–H and O–H groups in total. The maximum Gasteiger partial charge on any atom is 0.365 e. The number of halogens is 2. The summed E-state index contributed by atoms with van der Waals surface area (Å²) < 4.78 is 64.8. The molecule has 0 atom stereocenters. The largest absolute Gasteiger partial charge is 0.472 e. The minimum absolute atomic E-state index is 0.0850. The highest BCUT2D eigenvalue weighted by Gasteiger charge is 2.29. The highest BCUT2D eigenvalue weighted by Crippen LogP contribution is 2.43. The molecule has 12 aromatic heterocycles. The molecule has 129 heavy (non-hydrogen) atoms. The Hall–Kier alpha value is -17.2. The van der Waals surface area contributed by atoms with E-state index in [1.807, 2.05) is 115 Å². The van der Waals surface area contributed by atoms with E-state index in [-0.39, 0.29) is 60.4 Å². The van der Waals surface area contributed by atoms with Crippen molar-refractivity contribution >= 4 is 11.6 Å². The molecule has 50 heteroatoms. The average molecular weight is 1780 g/mol. The van der Waals surface area contributed by atoms with Gasteiger partial charge in [0, 0.05) is 149 Å². The van der Waals surface area contributed by atoms with Gasteiger partial charge < -0.3 is 28.4 Å². The van der Waals surface area contributed by atoms with Gasteiger partial charge in [0.2, 0.25) is 35.3 Å². The van der Waals surface area contributed by atoms with Gasteiger partial charge in [-0.05, 0) is 172 Å². The molecule has 1 aliphatic rings. The molecule has 0 radical (unpaired) electrons. The van der Waals surface area contributed by atoms with Crippen molar-refractivity contribution in [2.45, 2.75) is 85.6 Å². The number of benzene rings is 6. The fourth-order valence-electron chi connectivity index (χ4n) is 12.8. The second-order valence-electron chi connectivity index (χ2n) is 28.2. The summed E-state index contributed by atoms with van der Waals surface area (Å²) in [5.74, 6) is 3.00. The molecular formula is C79H82ClFN36O12. The minimum Gasteiger partial charge on any atom is -0.472 e. The summed E-state index contributed by atoms with van der Waals surface area (Å²) in [7, 11) is 10.8. The number of H-pyrrole nitrogens is 6. The number of rotatable bonds is 26. The lowest BCUT2D eigenvalue weighted by Gasteiger charge is -2.13. The average Bonchev–Trinajstić information content (AvgIpc) is 1.66. The van der Waals surface area contributed by atoms with Gasteiger partial charge in [0.05, 0.1) is 39.7 Å². The van der Waals surface area contributed by atoms with Gasteiger partial charge in [-0.15, -0.1) is 30.6 Å². The first kappa shape index (κ1) is 88.1. The van der Waals surface area contributed by atoms with Crippen LogP contribution in [0.5, 0.6) is 35.3 Å². The third-order valence-electron chi connectivity index (χ3n) is 19.3. The first-order valence-electron chi connectivity index (χ1n) is 39.2. The number of aryl methyl sites for hydroxylation is 9. The summed E-state index contributed by atoms with van der Waals surface area (Å²) in [5, 5.41) is 82.4. The van der Waals surface area contributed by atoms with Crippen LogP contribution in [0.2, 0.25) is 5.02 Å². The Balaban J connectivity index is 0.000000125. The fraction of sp³-hybridized carbons (Fsp3) is 0.241. The van der Waals surface area contributed by atoms with Gasteiger partial charge in [-0.1, -0.05) is 79.2 Å². The molecule has 0 unspecified atom stereocenters. The van der Waals surface area contributed by atoms with Crippen LogP contribution in [-0.4, -0.2) is 180 Å². The summed E-state index contributed by atoms with van der Waals surface area (Å²) in [6, 6.07) is 42.8. The Morgan fingerprint density at radius 3 is 0.884 bits per heavy atom. The van der Waals surface area contributed by atoms with Gasteiger partial charge in [-0.25, -0.2) is 63.7 Å². The van der Waals surface area contributed by atoms with E-state index in [9.17, 15) is 33.2 Å². The molecule has 12 heterocycles. The predicted molar refractivity (Wildman–Crippen MR) is 453 cm³/mol. The van der Waals surface area contributed by atoms with Crippen molar-refractivity contribution in [3.8, 4) is 69.4 Å². The van der Waals surface area contributed by atoms with Gasteiger partial charge in [-0.2, -0.15) is 28.1 Å². The topological polar surface area (TPSA) is 544 Å². The zero-order chi connectivity index (χ0) is 90.6.